The van der Waals surface area contributed by atoms with Gasteiger partial charge in [0.25, 0.3) is 5.56 Å². The van der Waals surface area contributed by atoms with E-state index in [2.05, 4.69) is 21.0 Å². The van der Waals surface area contributed by atoms with Crippen molar-refractivity contribution in [2.75, 3.05) is 19.0 Å². The standard InChI is InChI=1S/C24H29BrN4O2/c1-15(2)31-21-13-18(28(6)7)10-8-16(21)14-26-29-22(30)19-12-17(25)9-11-20(19)27-23(29)24(3,4)5/h8-15H,1-7H3. The zero-order valence-electron chi connectivity index (χ0n) is 19.1. The van der Waals surface area contributed by atoms with Crippen LogP contribution in [0.1, 0.15) is 46.0 Å². The first-order valence-electron chi connectivity index (χ1n) is 10.2. The summed E-state index contributed by atoms with van der Waals surface area (Å²) in [6.07, 6.45) is 1.68. The molecule has 0 N–H and O–H groups in total. The van der Waals surface area contributed by atoms with Crippen LogP contribution in [0.4, 0.5) is 5.69 Å². The predicted molar refractivity (Wildman–Crippen MR) is 132 cm³/mol. The predicted octanol–water partition coefficient (Wildman–Crippen LogP) is 5.19. The highest BCUT2D eigenvalue weighted by molar-refractivity contribution is 9.10. The molecule has 0 aliphatic rings. The van der Waals surface area contributed by atoms with Gasteiger partial charge >= 0.3 is 0 Å². The Morgan fingerprint density at radius 2 is 1.87 bits per heavy atom. The summed E-state index contributed by atoms with van der Waals surface area (Å²) in [4.78, 5) is 20.1. The van der Waals surface area contributed by atoms with Crippen LogP contribution >= 0.6 is 15.9 Å². The van der Waals surface area contributed by atoms with Crippen molar-refractivity contribution >= 4 is 38.7 Å². The van der Waals surface area contributed by atoms with Gasteiger partial charge in [-0.05, 0) is 44.2 Å². The van der Waals surface area contributed by atoms with Gasteiger partial charge in [-0.2, -0.15) is 9.78 Å². The maximum Gasteiger partial charge on any atom is 0.282 e. The van der Waals surface area contributed by atoms with Gasteiger partial charge < -0.3 is 9.64 Å². The van der Waals surface area contributed by atoms with Crippen LogP contribution in [-0.4, -0.2) is 36.1 Å². The molecule has 0 fully saturated rings. The van der Waals surface area contributed by atoms with Crippen LogP contribution in [0.25, 0.3) is 10.9 Å². The Morgan fingerprint density at radius 3 is 2.48 bits per heavy atom. The maximum absolute atomic E-state index is 13.3. The van der Waals surface area contributed by atoms with Gasteiger partial charge in [-0.15, -0.1) is 0 Å². The highest BCUT2D eigenvalue weighted by Gasteiger charge is 2.23. The van der Waals surface area contributed by atoms with E-state index in [1.807, 2.05) is 83.9 Å². The minimum absolute atomic E-state index is 0.0112. The molecule has 0 unspecified atom stereocenters. The molecule has 3 aromatic rings. The van der Waals surface area contributed by atoms with Crippen molar-refractivity contribution in [1.82, 2.24) is 9.66 Å². The SMILES string of the molecule is CC(C)Oc1cc(N(C)C)ccc1C=Nn1c(C(C)(C)C)nc2ccc(Br)cc2c1=O. The smallest absolute Gasteiger partial charge is 0.282 e. The van der Waals surface area contributed by atoms with Crippen molar-refractivity contribution < 1.29 is 4.74 Å². The molecule has 3 rings (SSSR count). The van der Waals surface area contributed by atoms with Crippen LogP contribution in [0.2, 0.25) is 0 Å². The molecule has 0 aliphatic carbocycles. The number of fused-ring (bicyclic) bond motifs is 1. The fourth-order valence-corrected chi connectivity index (χ4v) is 3.49. The van der Waals surface area contributed by atoms with Crippen molar-refractivity contribution in [3.8, 4) is 5.75 Å². The third-order valence-corrected chi connectivity index (χ3v) is 5.16. The van der Waals surface area contributed by atoms with Gasteiger partial charge in [0.2, 0.25) is 0 Å². The minimum Gasteiger partial charge on any atom is -0.490 e. The topological polar surface area (TPSA) is 59.7 Å². The van der Waals surface area contributed by atoms with Crippen LogP contribution in [0, 0.1) is 0 Å². The van der Waals surface area contributed by atoms with Gasteiger partial charge in [0.05, 0.1) is 23.2 Å². The normalized spacial score (nSPS) is 12.2. The Hall–Kier alpha value is -2.67. The van der Waals surface area contributed by atoms with Crippen molar-refractivity contribution in [2.24, 2.45) is 5.10 Å². The van der Waals surface area contributed by atoms with Crippen molar-refractivity contribution in [3.05, 3.63) is 62.6 Å². The largest absolute Gasteiger partial charge is 0.490 e. The van der Waals surface area contributed by atoms with E-state index in [-0.39, 0.29) is 17.1 Å². The Bertz CT molecular complexity index is 1190. The molecule has 0 bridgehead atoms. The third-order valence-electron chi connectivity index (χ3n) is 4.67. The first-order chi connectivity index (χ1) is 14.5. The van der Waals surface area contributed by atoms with E-state index in [0.717, 1.165) is 15.7 Å². The molecule has 0 saturated heterocycles. The molecule has 0 amide bonds. The third kappa shape index (κ3) is 5.15. The average molecular weight is 485 g/mol. The molecule has 0 aliphatic heterocycles. The highest BCUT2D eigenvalue weighted by atomic mass is 79.9. The Labute approximate surface area is 191 Å². The average Bonchev–Trinajstić information content (AvgIpc) is 2.67. The highest BCUT2D eigenvalue weighted by Crippen LogP contribution is 2.26. The molecule has 31 heavy (non-hydrogen) atoms. The Kier molecular flexibility index (Phi) is 6.55. The van der Waals surface area contributed by atoms with Gasteiger partial charge in [-0.3, -0.25) is 4.79 Å². The van der Waals surface area contributed by atoms with Crippen LogP contribution in [-0.2, 0) is 5.41 Å². The summed E-state index contributed by atoms with van der Waals surface area (Å²) in [6.45, 7) is 10.0. The van der Waals surface area contributed by atoms with Gasteiger partial charge in [0, 0.05) is 41.3 Å². The number of benzene rings is 2. The number of ether oxygens (including phenoxy) is 1. The molecule has 7 heteroatoms. The second kappa shape index (κ2) is 8.83. The van der Waals surface area contributed by atoms with E-state index < -0.39 is 0 Å². The van der Waals surface area contributed by atoms with Crippen LogP contribution < -0.4 is 15.2 Å². The van der Waals surface area contributed by atoms with Crippen molar-refractivity contribution in [1.29, 1.82) is 0 Å². The second-order valence-corrected chi connectivity index (χ2v) is 9.91. The molecule has 2 aromatic carbocycles. The zero-order valence-corrected chi connectivity index (χ0v) is 20.7. The van der Waals surface area contributed by atoms with E-state index in [9.17, 15) is 4.79 Å². The summed E-state index contributed by atoms with van der Waals surface area (Å²) in [6, 6.07) is 11.4. The minimum atomic E-state index is -0.371. The number of halogens is 1. The fourth-order valence-electron chi connectivity index (χ4n) is 3.13. The molecule has 0 radical (unpaired) electrons. The Balaban J connectivity index is 2.19. The fraction of sp³-hybridized carbons (Fsp3) is 0.375. The summed E-state index contributed by atoms with van der Waals surface area (Å²) in [7, 11) is 3.96. The number of hydrogen-bond donors (Lipinski definition) is 0. The number of nitrogens with zero attached hydrogens (tertiary/aromatic N) is 4. The lowest BCUT2D eigenvalue weighted by molar-refractivity contribution is 0.242. The molecule has 0 saturated carbocycles. The summed E-state index contributed by atoms with van der Waals surface area (Å²) >= 11 is 3.44. The quantitative estimate of drug-likeness (QED) is 0.467. The zero-order chi connectivity index (χ0) is 22.9. The van der Waals surface area contributed by atoms with E-state index in [4.69, 9.17) is 9.72 Å². The molecule has 0 spiro atoms. The van der Waals surface area contributed by atoms with Crippen molar-refractivity contribution in [3.63, 3.8) is 0 Å². The lowest BCUT2D eigenvalue weighted by atomic mass is 9.95. The molecular weight excluding hydrogens is 456 g/mol. The maximum atomic E-state index is 13.3. The molecular formula is C24H29BrN4O2. The summed E-state index contributed by atoms with van der Waals surface area (Å²) in [5.74, 6) is 1.31. The van der Waals surface area contributed by atoms with Gasteiger partial charge in [-0.1, -0.05) is 36.7 Å². The molecule has 0 atom stereocenters. The number of anilines is 1. The molecule has 164 valence electrons. The Morgan fingerprint density at radius 1 is 1.16 bits per heavy atom. The number of rotatable bonds is 5. The van der Waals surface area contributed by atoms with Gasteiger partial charge in [-0.25, -0.2) is 4.98 Å². The summed E-state index contributed by atoms with van der Waals surface area (Å²) < 4.78 is 8.23. The van der Waals surface area contributed by atoms with E-state index in [0.29, 0.717) is 22.5 Å². The van der Waals surface area contributed by atoms with Gasteiger partial charge in [0.15, 0.2) is 0 Å². The van der Waals surface area contributed by atoms with Crippen molar-refractivity contribution in [2.45, 2.75) is 46.1 Å². The van der Waals surface area contributed by atoms with Crippen LogP contribution in [0.5, 0.6) is 5.75 Å². The first kappa shape index (κ1) is 23.0. The number of hydrogen-bond acceptors (Lipinski definition) is 5. The molecule has 1 aromatic heterocycles. The molecule has 6 nitrogen and oxygen atoms in total. The monoisotopic (exact) mass is 484 g/mol. The van der Waals surface area contributed by atoms with E-state index in [1.165, 1.54) is 4.68 Å². The van der Waals surface area contributed by atoms with Gasteiger partial charge in [0.1, 0.15) is 11.6 Å². The first-order valence-corrected chi connectivity index (χ1v) is 11.0. The molecule has 1 heterocycles. The van der Waals surface area contributed by atoms with Crippen LogP contribution in [0.3, 0.4) is 0 Å². The van der Waals surface area contributed by atoms with Crippen LogP contribution in [0.15, 0.2) is 50.8 Å². The lowest BCUT2D eigenvalue weighted by Crippen LogP contribution is -2.29. The lowest BCUT2D eigenvalue weighted by Gasteiger charge is -2.21. The summed E-state index contributed by atoms with van der Waals surface area (Å²) in [5, 5.41) is 5.09. The number of aromatic nitrogens is 2. The van der Waals surface area contributed by atoms with E-state index in [1.54, 1.807) is 12.3 Å². The summed E-state index contributed by atoms with van der Waals surface area (Å²) in [5.41, 5.74) is 1.90. The van der Waals surface area contributed by atoms with E-state index >= 15 is 0 Å². The second-order valence-electron chi connectivity index (χ2n) is 8.99.